The second kappa shape index (κ2) is 13.4. The molecule has 0 fully saturated rings. The number of fused-ring (bicyclic) bond motifs is 1. The Bertz CT molecular complexity index is 1090. The van der Waals surface area contributed by atoms with Gasteiger partial charge in [-0.1, -0.05) is 55.5 Å². The molecule has 0 aliphatic heterocycles. The van der Waals surface area contributed by atoms with Crippen LogP contribution in [0.4, 0.5) is 0 Å². The minimum atomic E-state index is 0. The molecule has 32 heavy (non-hydrogen) atoms. The molecule has 0 N–H and O–H groups in total. The first-order valence-corrected chi connectivity index (χ1v) is 14.7. The standard InChI is InChI=1S/C19H19.C9H13.2CH3.Si.Zr/c1-12-11-13(2)15(4)19(14(12)3)18-10-9-16-7-5-6-8-17(16)18;1-6-5-7(2)9(4)8(6)3;;;;/h5-11H,1-4H3;6H,1-4H3;2*1H3;;/q4*-1;;. The maximum atomic E-state index is 3.36. The van der Waals surface area contributed by atoms with E-state index in [1.807, 2.05) is 0 Å². The van der Waals surface area contributed by atoms with Crippen LogP contribution in [-0.4, -0.2) is 6.88 Å². The van der Waals surface area contributed by atoms with E-state index in [0.717, 1.165) is 0 Å². The van der Waals surface area contributed by atoms with E-state index in [-0.39, 0.29) is 14.9 Å². The van der Waals surface area contributed by atoms with Gasteiger partial charge in [0.2, 0.25) is 0 Å². The van der Waals surface area contributed by atoms with Crippen LogP contribution in [-0.2, 0) is 23.3 Å². The summed E-state index contributed by atoms with van der Waals surface area (Å²) in [6.45, 7) is 20.6. The fraction of sp³-hybridized carbons (Fsp3) is 0.300. The van der Waals surface area contributed by atoms with Crippen LogP contribution in [0.1, 0.15) is 49.9 Å². The van der Waals surface area contributed by atoms with E-state index < -0.39 is 0 Å². The topological polar surface area (TPSA) is 0 Å². The summed E-state index contributed by atoms with van der Waals surface area (Å²) >= 11 is 1.36. The molecule has 0 saturated heterocycles. The summed E-state index contributed by atoms with van der Waals surface area (Å²) in [6.07, 6.45) is 3.36. The fourth-order valence-electron chi connectivity index (χ4n) is 4.15. The molecule has 1 aliphatic carbocycles. The zero-order chi connectivity index (χ0) is 22.6. The van der Waals surface area contributed by atoms with Gasteiger partial charge in [0.1, 0.15) is 0 Å². The summed E-state index contributed by atoms with van der Waals surface area (Å²) in [7, 11) is 0. The number of allylic oxidation sites excluding steroid dienone is 4. The van der Waals surface area contributed by atoms with Gasteiger partial charge in [-0.25, -0.2) is 5.57 Å². The van der Waals surface area contributed by atoms with Crippen LogP contribution in [0.15, 0.2) is 59.2 Å². The van der Waals surface area contributed by atoms with Crippen molar-refractivity contribution in [1.82, 2.24) is 0 Å². The average molecular weight is 518 g/mol. The molecule has 1 unspecified atom stereocenters. The Kier molecular flexibility index (Phi) is 12.8. The first kappa shape index (κ1) is 30.6. The van der Waals surface area contributed by atoms with Crippen molar-refractivity contribution in [2.45, 2.75) is 55.4 Å². The van der Waals surface area contributed by atoms with Crippen LogP contribution in [0.3, 0.4) is 0 Å². The number of benzene rings is 2. The SMILES string of the molecule is CC1=[C-]C(C)C(C)=C1C.Cc1cc(C)c(C)c(-c2c[cH-]c3ccccc23)c1C.[CH3-].[CH3-].[Si]=[Zr]. The Hall–Kier alpha value is -1.37. The third-order valence-electron chi connectivity index (χ3n) is 6.55. The van der Waals surface area contributed by atoms with E-state index in [2.05, 4.69) is 111 Å². The maximum absolute atomic E-state index is 3.36. The van der Waals surface area contributed by atoms with Crippen molar-refractivity contribution >= 4 is 17.7 Å². The molecule has 0 spiro atoms. The Balaban J connectivity index is 0.000000632. The first-order valence-electron chi connectivity index (χ1n) is 10.5. The van der Waals surface area contributed by atoms with Gasteiger partial charge < -0.3 is 14.9 Å². The van der Waals surface area contributed by atoms with Crippen molar-refractivity contribution in [1.29, 1.82) is 0 Å². The van der Waals surface area contributed by atoms with Gasteiger partial charge in [0.15, 0.2) is 0 Å². The predicted octanol–water partition coefficient (Wildman–Crippen LogP) is 8.70. The van der Waals surface area contributed by atoms with E-state index in [4.69, 9.17) is 0 Å². The van der Waals surface area contributed by atoms with Crippen LogP contribution in [0.5, 0.6) is 0 Å². The van der Waals surface area contributed by atoms with Crippen molar-refractivity contribution in [3.63, 3.8) is 0 Å². The third-order valence-corrected chi connectivity index (χ3v) is 6.55. The van der Waals surface area contributed by atoms with Crippen molar-refractivity contribution in [3.8, 4) is 11.1 Å². The number of hydrogen-bond donors (Lipinski definition) is 0. The van der Waals surface area contributed by atoms with Gasteiger partial charge in [0.25, 0.3) is 0 Å². The van der Waals surface area contributed by atoms with Crippen LogP contribution in [0.2, 0.25) is 0 Å². The van der Waals surface area contributed by atoms with E-state index in [1.54, 1.807) is 0 Å². The van der Waals surface area contributed by atoms with Gasteiger partial charge in [-0.05, 0) is 38.8 Å². The number of hydrogen-bond acceptors (Lipinski definition) is 0. The third kappa shape index (κ3) is 6.36. The molecular weight excluding hydrogens is 480 g/mol. The van der Waals surface area contributed by atoms with Gasteiger partial charge in [-0.15, -0.1) is 53.6 Å². The molecule has 2 radical (unpaired) electrons. The molecule has 1 atom stereocenters. The zero-order valence-corrected chi connectivity index (χ0v) is 25.1. The zero-order valence-electron chi connectivity index (χ0n) is 21.6. The van der Waals surface area contributed by atoms with Crippen molar-refractivity contribution in [2.24, 2.45) is 5.92 Å². The van der Waals surface area contributed by atoms with Crippen LogP contribution >= 0.6 is 0 Å². The summed E-state index contributed by atoms with van der Waals surface area (Å²) in [5.74, 6) is 0.560. The number of rotatable bonds is 1. The van der Waals surface area contributed by atoms with Gasteiger partial charge in [0, 0.05) is 0 Å². The van der Waals surface area contributed by atoms with Crippen LogP contribution in [0.25, 0.3) is 21.9 Å². The summed E-state index contributed by atoms with van der Waals surface area (Å²) in [5.41, 5.74) is 12.6. The first-order chi connectivity index (χ1) is 14.2. The predicted molar refractivity (Wildman–Crippen MR) is 142 cm³/mol. The van der Waals surface area contributed by atoms with Gasteiger partial charge in [-0.2, -0.15) is 11.1 Å². The van der Waals surface area contributed by atoms with E-state index in [0.29, 0.717) is 5.92 Å². The Morgan fingerprint density at radius 3 is 1.84 bits per heavy atom. The minimum absolute atomic E-state index is 0. The molecule has 170 valence electrons. The Labute approximate surface area is 214 Å². The molecular formula is C30H38SiZr-4. The Morgan fingerprint density at radius 2 is 1.41 bits per heavy atom. The molecule has 3 aromatic rings. The summed E-state index contributed by atoms with van der Waals surface area (Å²) in [6, 6.07) is 15.4. The second-order valence-electron chi connectivity index (χ2n) is 8.27. The molecule has 0 amide bonds. The monoisotopic (exact) mass is 516 g/mol. The summed E-state index contributed by atoms with van der Waals surface area (Å²) < 4.78 is 0. The molecule has 0 saturated carbocycles. The van der Waals surface area contributed by atoms with Crippen molar-refractivity contribution < 1.29 is 23.3 Å². The molecule has 1 aliphatic rings. The van der Waals surface area contributed by atoms with Gasteiger partial charge in [-0.3, -0.25) is 6.08 Å². The fourth-order valence-corrected chi connectivity index (χ4v) is 4.15. The molecule has 0 heterocycles. The van der Waals surface area contributed by atoms with E-state index >= 15 is 0 Å². The molecule has 4 rings (SSSR count). The Morgan fingerprint density at radius 1 is 0.875 bits per heavy atom. The average Bonchev–Trinajstić information content (AvgIpc) is 3.26. The van der Waals surface area contributed by atoms with E-state index in [1.165, 1.54) is 84.2 Å². The van der Waals surface area contributed by atoms with Crippen molar-refractivity contribution in [2.75, 3.05) is 0 Å². The van der Waals surface area contributed by atoms with Gasteiger partial charge in [0.05, 0.1) is 0 Å². The van der Waals surface area contributed by atoms with Crippen LogP contribution in [0, 0.1) is 54.5 Å². The number of aryl methyl sites for hydroxylation is 2. The molecule has 0 aromatic heterocycles. The molecule has 0 nitrogen and oxygen atoms in total. The molecule has 0 bridgehead atoms. The summed E-state index contributed by atoms with van der Waals surface area (Å²) in [4.78, 5) is 0. The normalized spacial score (nSPS) is 14.3. The van der Waals surface area contributed by atoms with E-state index in [9.17, 15) is 0 Å². The quantitative estimate of drug-likeness (QED) is 0.224. The second-order valence-corrected chi connectivity index (χ2v) is 8.27. The van der Waals surface area contributed by atoms with Gasteiger partial charge >= 0.3 is 30.2 Å². The van der Waals surface area contributed by atoms with Crippen LogP contribution < -0.4 is 0 Å². The van der Waals surface area contributed by atoms with Crippen molar-refractivity contribution in [3.05, 3.63) is 102 Å². The molecule has 2 heteroatoms. The molecule has 3 aromatic carbocycles. The summed E-state index contributed by atoms with van der Waals surface area (Å²) in [5, 5.41) is 2.69.